The van der Waals surface area contributed by atoms with E-state index in [1.165, 1.54) is 0 Å². The van der Waals surface area contributed by atoms with Gasteiger partial charge in [-0.05, 0) is 24.2 Å². The summed E-state index contributed by atoms with van der Waals surface area (Å²) in [6, 6.07) is 7.13. The number of aliphatic carboxylic acids is 1. The summed E-state index contributed by atoms with van der Waals surface area (Å²) in [4.78, 5) is 10.5. The standard InChI is InChI=1S/C10H12ClNO2/c11-9-3-1-2-7(4-9)8(6-12)5-10(13)14/h1-4,8H,5-6,12H2,(H,13,14)/t8-/m1/s1. The van der Waals surface area contributed by atoms with Gasteiger partial charge in [-0.15, -0.1) is 0 Å². The number of carboxylic acids is 1. The van der Waals surface area contributed by atoms with Gasteiger partial charge in [0.05, 0.1) is 6.42 Å². The monoisotopic (exact) mass is 213 g/mol. The predicted octanol–water partition coefficient (Wildman–Crippen LogP) is 1.86. The topological polar surface area (TPSA) is 63.3 Å². The van der Waals surface area contributed by atoms with Gasteiger partial charge >= 0.3 is 5.97 Å². The van der Waals surface area contributed by atoms with E-state index in [-0.39, 0.29) is 12.3 Å². The fourth-order valence-electron chi connectivity index (χ4n) is 1.31. The molecule has 0 saturated heterocycles. The van der Waals surface area contributed by atoms with E-state index in [0.717, 1.165) is 5.56 Å². The highest BCUT2D eigenvalue weighted by Crippen LogP contribution is 2.21. The molecule has 14 heavy (non-hydrogen) atoms. The highest BCUT2D eigenvalue weighted by Gasteiger charge is 2.13. The second-order valence-corrected chi connectivity index (χ2v) is 3.52. The van der Waals surface area contributed by atoms with Gasteiger partial charge in [-0.1, -0.05) is 23.7 Å². The van der Waals surface area contributed by atoms with Crippen LogP contribution in [0.15, 0.2) is 24.3 Å². The van der Waals surface area contributed by atoms with Gasteiger partial charge in [-0.25, -0.2) is 0 Å². The summed E-state index contributed by atoms with van der Waals surface area (Å²) >= 11 is 5.79. The molecule has 0 saturated carbocycles. The van der Waals surface area contributed by atoms with Crippen molar-refractivity contribution < 1.29 is 9.90 Å². The lowest BCUT2D eigenvalue weighted by atomic mass is 9.96. The van der Waals surface area contributed by atoms with Gasteiger partial charge in [0.25, 0.3) is 0 Å². The van der Waals surface area contributed by atoms with Gasteiger partial charge in [0.15, 0.2) is 0 Å². The van der Waals surface area contributed by atoms with Crippen molar-refractivity contribution in [2.24, 2.45) is 5.73 Å². The second kappa shape index (κ2) is 4.98. The minimum atomic E-state index is -0.847. The predicted molar refractivity (Wildman–Crippen MR) is 55.5 cm³/mol. The first kappa shape index (κ1) is 11.0. The molecule has 0 fully saturated rings. The molecule has 0 aliphatic carbocycles. The van der Waals surface area contributed by atoms with Crippen molar-refractivity contribution in [3.63, 3.8) is 0 Å². The fourth-order valence-corrected chi connectivity index (χ4v) is 1.51. The molecule has 76 valence electrons. The maximum absolute atomic E-state index is 10.5. The highest BCUT2D eigenvalue weighted by molar-refractivity contribution is 6.30. The van der Waals surface area contributed by atoms with E-state index in [2.05, 4.69) is 0 Å². The van der Waals surface area contributed by atoms with E-state index in [4.69, 9.17) is 22.4 Å². The van der Waals surface area contributed by atoms with E-state index in [1.807, 2.05) is 6.07 Å². The van der Waals surface area contributed by atoms with E-state index < -0.39 is 5.97 Å². The van der Waals surface area contributed by atoms with Gasteiger partial charge < -0.3 is 10.8 Å². The van der Waals surface area contributed by atoms with Crippen LogP contribution in [0.5, 0.6) is 0 Å². The molecule has 0 unspecified atom stereocenters. The van der Waals surface area contributed by atoms with Crippen molar-refractivity contribution in [3.8, 4) is 0 Å². The van der Waals surface area contributed by atoms with Crippen molar-refractivity contribution in [2.75, 3.05) is 6.54 Å². The maximum atomic E-state index is 10.5. The van der Waals surface area contributed by atoms with Crippen molar-refractivity contribution >= 4 is 17.6 Å². The summed E-state index contributed by atoms with van der Waals surface area (Å²) in [7, 11) is 0. The molecule has 0 aliphatic rings. The highest BCUT2D eigenvalue weighted by atomic mass is 35.5. The SMILES string of the molecule is NC[C@@H](CC(=O)O)c1cccc(Cl)c1. The summed E-state index contributed by atoms with van der Waals surface area (Å²) in [5.41, 5.74) is 6.37. The fraction of sp³-hybridized carbons (Fsp3) is 0.300. The molecule has 4 heteroatoms. The molecule has 1 aromatic rings. The summed E-state index contributed by atoms with van der Waals surface area (Å²) in [5.74, 6) is -1.01. The third kappa shape index (κ3) is 3.01. The maximum Gasteiger partial charge on any atom is 0.304 e. The van der Waals surface area contributed by atoms with Gasteiger partial charge in [0.1, 0.15) is 0 Å². The van der Waals surface area contributed by atoms with E-state index >= 15 is 0 Å². The average molecular weight is 214 g/mol. The number of hydrogen-bond donors (Lipinski definition) is 2. The van der Waals surface area contributed by atoms with Crippen LogP contribution >= 0.6 is 11.6 Å². The minimum Gasteiger partial charge on any atom is -0.481 e. The second-order valence-electron chi connectivity index (χ2n) is 3.09. The molecule has 1 atom stereocenters. The first-order chi connectivity index (χ1) is 6.63. The lowest BCUT2D eigenvalue weighted by Gasteiger charge is -2.12. The summed E-state index contributed by atoms with van der Waals surface area (Å²) < 4.78 is 0. The molecule has 3 N–H and O–H groups in total. The molecule has 0 aliphatic heterocycles. The molecular formula is C10H12ClNO2. The number of rotatable bonds is 4. The molecule has 0 amide bonds. The van der Waals surface area contributed by atoms with Crippen LogP contribution in [0.3, 0.4) is 0 Å². The van der Waals surface area contributed by atoms with Gasteiger partial charge in [-0.2, -0.15) is 0 Å². The van der Waals surface area contributed by atoms with Crippen LogP contribution in [-0.2, 0) is 4.79 Å². The number of nitrogens with two attached hydrogens (primary N) is 1. The van der Waals surface area contributed by atoms with E-state index in [0.29, 0.717) is 11.6 Å². The molecule has 0 bridgehead atoms. The molecule has 0 radical (unpaired) electrons. The van der Waals surface area contributed by atoms with Crippen molar-refractivity contribution in [2.45, 2.75) is 12.3 Å². The molecular weight excluding hydrogens is 202 g/mol. The lowest BCUT2D eigenvalue weighted by Crippen LogP contribution is -2.16. The quantitative estimate of drug-likeness (QED) is 0.803. The Morgan fingerprint density at radius 1 is 1.57 bits per heavy atom. The largest absolute Gasteiger partial charge is 0.481 e. The average Bonchev–Trinajstić information content (AvgIpc) is 2.14. The van der Waals surface area contributed by atoms with Crippen LogP contribution < -0.4 is 5.73 Å². The zero-order chi connectivity index (χ0) is 10.6. The summed E-state index contributed by atoms with van der Waals surface area (Å²) in [6.07, 6.45) is 0.0385. The van der Waals surface area contributed by atoms with Crippen LogP contribution in [0.2, 0.25) is 5.02 Å². The van der Waals surface area contributed by atoms with Crippen LogP contribution in [0.4, 0.5) is 0 Å². The number of carboxylic acid groups (broad SMARTS) is 1. The first-order valence-corrected chi connectivity index (χ1v) is 4.68. The molecule has 0 heterocycles. The summed E-state index contributed by atoms with van der Waals surface area (Å²) in [6.45, 7) is 0.312. The van der Waals surface area contributed by atoms with Gasteiger partial charge in [-0.3, -0.25) is 4.79 Å². The summed E-state index contributed by atoms with van der Waals surface area (Å²) in [5, 5.41) is 9.26. The Hall–Kier alpha value is -1.06. The Balaban J connectivity index is 2.83. The van der Waals surface area contributed by atoms with Crippen molar-refractivity contribution in [1.29, 1.82) is 0 Å². The molecule has 0 spiro atoms. The Morgan fingerprint density at radius 2 is 2.29 bits per heavy atom. The Labute approximate surface area is 87.5 Å². The van der Waals surface area contributed by atoms with Crippen molar-refractivity contribution in [3.05, 3.63) is 34.9 Å². The Bertz CT molecular complexity index is 328. The minimum absolute atomic E-state index is 0.0385. The van der Waals surface area contributed by atoms with Gasteiger partial charge in [0.2, 0.25) is 0 Å². The zero-order valence-electron chi connectivity index (χ0n) is 7.61. The molecule has 1 rings (SSSR count). The number of halogens is 1. The van der Waals surface area contributed by atoms with Crippen molar-refractivity contribution in [1.82, 2.24) is 0 Å². The third-order valence-electron chi connectivity index (χ3n) is 2.03. The number of benzene rings is 1. The Morgan fingerprint density at radius 3 is 2.79 bits per heavy atom. The van der Waals surface area contributed by atoms with E-state index in [9.17, 15) is 4.79 Å². The van der Waals surface area contributed by atoms with Crippen LogP contribution in [-0.4, -0.2) is 17.6 Å². The van der Waals surface area contributed by atoms with E-state index in [1.54, 1.807) is 18.2 Å². The molecule has 1 aromatic carbocycles. The normalized spacial score (nSPS) is 12.4. The van der Waals surface area contributed by atoms with Crippen LogP contribution in [0.1, 0.15) is 17.9 Å². The first-order valence-electron chi connectivity index (χ1n) is 4.31. The Kier molecular flexibility index (Phi) is 3.92. The number of carbonyl (C=O) groups is 1. The molecule has 0 aromatic heterocycles. The zero-order valence-corrected chi connectivity index (χ0v) is 8.37. The number of hydrogen-bond acceptors (Lipinski definition) is 2. The lowest BCUT2D eigenvalue weighted by molar-refractivity contribution is -0.137. The van der Waals surface area contributed by atoms with Crippen LogP contribution in [0, 0.1) is 0 Å². The van der Waals surface area contributed by atoms with Crippen LogP contribution in [0.25, 0.3) is 0 Å². The third-order valence-corrected chi connectivity index (χ3v) is 2.26. The van der Waals surface area contributed by atoms with Gasteiger partial charge in [0, 0.05) is 10.9 Å². The smallest absolute Gasteiger partial charge is 0.304 e. The molecule has 3 nitrogen and oxygen atoms in total.